The van der Waals surface area contributed by atoms with Crippen molar-refractivity contribution in [3.05, 3.63) is 0 Å². The molecule has 3 fully saturated rings. The highest BCUT2D eigenvalue weighted by Gasteiger charge is 2.51. The van der Waals surface area contributed by atoms with Crippen molar-refractivity contribution >= 4 is 24.3 Å². The van der Waals surface area contributed by atoms with E-state index in [4.69, 9.17) is 5.73 Å². The molecule has 0 aromatic heterocycles. The number of carbonyl (C=O) groups excluding carboxylic acids is 2. The first-order valence-electron chi connectivity index (χ1n) is 8.18. The van der Waals surface area contributed by atoms with E-state index in [-0.39, 0.29) is 23.9 Å². The molecule has 0 radical (unpaired) electrons. The third-order valence-electron chi connectivity index (χ3n) is 5.59. The van der Waals surface area contributed by atoms with E-state index in [0.717, 1.165) is 45.4 Å². The van der Waals surface area contributed by atoms with Crippen LogP contribution >= 0.6 is 12.4 Å². The number of amides is 3. The molecule has 7 heteroatoms. The molecule has 1 saturated carbocycles. The predicted octanol–water partition coefficient (Wildman–Crippen LogP) is 0.847. The summed E-state index contributed by atoms with van der Waals surface area (Å²) in [6.07, 6.45) is 6.25. The van der Waals surface area contributed by atoms with Crippen molar-refractivity contribution in [2.45, 2.75) is 44.6 Å². The number of fused-ring (bicyclic) bond motifs is 1. The number of hydrogen-bond acceptors (Lipinski definition) is 3. The number of carbonyl (C=O) groups is 2. The zero-order valence-electron chi connectivity index (χ0n) is 13.0. The van der Waals surface area contributed by atoms with Crippen molar-refractivity contribution in [1.82, 2.24) is 15.5 Å². The fourth-order valence-electron chi connectivity index (χ4n) is 4.41. The normalized spacial score (nSPS) is 32.0. The zero-order valence-corrected chi connectivity index (χ0v) is 13.8. The van der Waals surface area contributed by atoms with Gasteiger partial charge in [-0.2, -0.15) is 0 Å². The van der Waals surface area contributed by atoms with Crippen molar-refractivity contribution in [3.8, 4) is 0 Å². The van der Waals surface area contributed by atoms with E-state index in [0.29, 0.717) is 11.8 Å². The second-order valence-corrected chi connectivity index (χ2v) is 6.80. The first-order valence-corrected chi connectivity index (χ1v) is 8.18. The number of nitrogens with one attached hydrogen (secondary N) is 2. The van der Waals surface area contributed by atoms with Crippen molar-refractivity contribution in [3.63, 3.8) is 0 Å². The highest BCUT2D eigenvalue weighted by Crippen LogP contribution is 2.45. The van der Waals surface area contributed by atoms with E-state index in [1.54, 1.807) is 0 Å². The van der Waals surface area contributed by atoms with Gasteiger partial charge in [-0.1, -0.05) is 12.8 Å². The molecule has 0 bridgehead atoms. The number of likely N-dealkylation sites (tertiary alicyclic amines) is 1. The lowest BCUT2D eigenvalue weighted by Gasteiger charge is -2.43. The number of piperidine rings is 1. The van der Waals surface area contributed by atoms with Gasteiger partial charge in [-0.3, -0.25) is 4.79 Å². The van der Waals surface area contributed by atoms with E-state index in [9.17, 15) is 9.59 Å². The maximum Gasteiger partial charge on any atom is 0.312 e. The molecule has 1 aliphatic carbocycles. The Morgan fingerprint density at radius 2 is 1.91 bits per heavy atom. The molecule has 22 heavy (non-hydrogen) atoms. The molecule has 2 aliphatic heterocycles. The van der Waals surface area contributed by atoms with Gasteiger partial charge in [0.05, 0.1) is 5.41 Å². The lowest BCUT2D eigenvalue weighted by molar-refractivity contribution is -0.146. The van der Waals surface area contributed by atoms with E-state index in [2.05, 4.69) is 10.6 Å². The smallest absolute Gasteiger partial charge is 0.312 e. The monoisotopic (exact) mass is 330 g/mol. The molecule has 0 unspecified atom stereocenters. The maximum absolute atomic E-state index is 13.1. The van der Waals surface area contributed by atoms with E-state index in [1.807, 2.05) is 4.90 Å². The third-order valence-corrected chi connectivity index (χ3v) is 5.59. The van der Waals surface area contributed by atoms with Crippen LogP contribution in [-0.4, -0.2) is 49.1 Å². The summed E-state index contributed by atoms with van der Waals surface area (Å²) in [4.78, 5) is 26.0. The van der Waals surface area contributed by atoms with Gasteiger partial charge in [0, 0.05) is 25.7 Å². The van der Waals surface area contributed by atoms with Gasteiger partial charge in [0.25, 0.3) is 0 Å². The third kappa shape index (κ3) is 3.18. The van der Waals surface area contributed by atoms with Gasteiger partial charge in [0.2, 0.25) is 5.91 Å². The Kier molecular flexibility index (Phi) is 5.55. The Bertz CT molecular complexity index is 426. The number of rotatable bonds is 2. The first-order chi connectivity index (χ1) is 10.1. The van der Waals surface area contributed by atoms with E-state index < -0.39 is 6.03 Å². The van der Waals surface area contributed by atoms with Crippen LogP contribution in [0.5, 0.6) is 0 Å². The number of nitrogens with zero attached hydrogens (tertiary/aromatic N) is 1. The molecule has 126 valence electrons. The van der Waals surface area contributed by atoms with Crippen molar-refractivity contribution in [2.24, 2.45) is 17.1 Å². The van der Waals surface area contributed by atoms with Gasteiger partial charge in [-0.25, -0.2) is 4.79 Å². The molecule has 3 amide bonds. The Hall–Kier alpha value is -1.01. The Morgan fingerprint density at radius 1 is 1.18 bits per heavy atom. The summed E-state index contributed by atoms with van der Waals surface area (Å²) in [7, 11) is 0. The SMILES string of the molecule is Cl.NC(=O)NC1CCN(C(=O)[C@@]23CCCC[C@H]2CNC3)CC1. The standard InChI is InChI=1S/C15H26N4O2.ClH/c16-14(21)18-12-4-7-19(8-5-12)13(20)15-6-2-1-3-11(15)9-17-10-15;/h11-12,17H,1-10H2,(H3,16,18,21);1H/t11-,15+;/m0./s1. The highest BCUT2D eigenvalue weighted by atomic mass is 35.5. The van der Waals surface area contributed by atoms with Crippen molar-refractivity contribution < 1.29 is 9.59 Å². The molecule has 3 rings (SSSR count). The molecule has 6 nitrogen and oxygen atoms in total. The first kappa shape index (κ1) is 17.3. The van der Waals surface area contributed by atoms with Gasteiger partial charge in [-0.15, -0.1) is 12.4 Å². The van der Waals surface area contributed by atoms with Gasteiger partial charge >= 0.3 is 6.03 Å². The number of hydrogen-bond donors (Lipinski definition) is 3. The Morgan fingerprint density at radius 3 is 2.59 bits per heavy atom. The van der Waals surface area contributed by atoms with Crippen LogP contribution in [0, 0.1) is 11.3 Å². The number of urea groups is 1. The Balaban J connectivity index is 0.00000176. The quantitative estimate of drug-likeness (QED) is 0.701. The van der Waals surface area contributed by atoms with Crippen LogP contribution in [0.4, 0.5) is 4.79 Å². The van der Waals surface area contributed by atoms with Gasteiger partial charge in [-0.05, 0) is 38.1 Å². The molecule has 4 N–H and O–H groups in total. The number of nitrogens with two attached hydrogens (primary N) is 1. The van der Waals surface area contributed by atoms with Crippen molar-refractivity contribution in [2.75, 3.05) is 26.2 Å². The second kappa shape index (κ2) is 7.04. The molecular formula is C15H27ClN4O2. The summed E-state index contributed by atoms with van der Waals surface area (Å²) in [6.45, 7) is 3.30. The average molecular weight is 331 g/mol. The largest absolute Gasteiger partial charge is 0.352 e. The van der Waals surface area contributed by atoms with Crippen LogP contribution in [0.1, 0.15) is 38.5 Å². The fourth-order valence-corrected chi connectivity index (χ4v) is 4.41. The summed E-state index contributed by atoms with van der Waals surface area (Å²) < 4.78 is 0. The average Bonchev–Trinajstić information content (AvgIpc) is 2.91. The second-order valence-electron chi connectivity index (χ2n) is 6.80. The van der Waals surface area contributed by atoms with Gasteiger partial charge < -0.3 is 21.3 Å². The lowest BCUT2D eigenvalue weighted by atomic mass is 9.67. The topological polar surface area (TPSA) is 87.5 Å². The van der Waals surface area contributed by atoms with Crippen LogP contribution < -0.4 is 16.4 Å². The molecule has 0 aromatic rings. The van der Waals surface area contributed by atoms with Crippen LogP contribution in [-0.2, 0) is 4.79 Å². The molecule has 2 saturated heterocycles. The number of halogens is 1. The molecule has 0 spiro atoms. The van der Waals surface area contributed by atoms with Gasteiger partial charge in [0.15, 0.2) is 0 Å². The molecule has 0 aromatic carbocycles. The Labute approximate surface area is 138 Å². The molecule has 2 heterocycles. The highest BCUT2D eigenvalue weighted by molar-refractivity contribution is 5.85. The van der Waals surface area contributed by atoms with E-state index in [1.165, 1.54) is 19.3 Å². The fraction of sp³-hybridized carbons (Fsp3) is 0.867. The minimum atomic E-state index is -0.467. The van der Waals surface area contributed by atoms with Gasteiger partial charge in [0.1, 0.15) is 0 Å². The maximum atomic E-state index is 13.1. The lowest BCUT2D eigenvalue weighted by Crippen LogP contribution is -2.54. The summed E-state index contributed by atoms with van der Waals surface area (Å²) in [6, 6.07) is -0.349. The zero-order chi connectivity index (χ0) is 14.9. The van der Waals surface area contributed by atoms with E-state index >= 15 is 0 Å². The number of primary amides is 1. The van der Waals surface area contributed by atoms with Crippen LogP contribution in [0.3, 0.4) is 0 Å². The van der Waals surface area contributed by atoms with Crippen LogP contribution in [0.2, 0.25) is 0 Å². The van der Waals surface area contributed by atoms with Crippen LogP contribution in [0.25, 0.3) is 0 Å². The predicted molar refractivity (Wildman–Crippen MR) is 86.8 cm³/mol. The molecule has 3 aliphatic rings. The van der Waals surface area contributed by atoms with Crippen molar-refractivity contribution in [1.29, 1.82) is 0 Å². The molecular weight excluding hydrogens is 304 g/mol. The summed E-state index contributed by atoms with van der Waals surface area (Å²) >= 11 is 0. The minimum Gasteiger partial charge on any atom is -0.352 e. The summed E-state index contributed by atoms with van der Waals surface area (Å²) in [5.74, 6) is 0.856. The summed E-state index contributed by atoms with van der Waals surface area (Å²) in [5, 5.41) is 6.19. The minimum absolute atomic E-state index is 0. The summed E-state index contributed by atoms with van der Waals surface area (Å²) in [5.41, 5.74) is 5.01. The molecule has 2 atom stereocenters. The van der Waals surface area contributed by atoms with Crippen LogP contribution in [0.15, 0.2) is 0 Å².